The van der Waals surface area contributed by atoms with E-state index in [4.69, 9.17) is 4.74 Å². The van der Waals surface area contributed by atoms with Crippen LogP contribution < -0.4 is 15.4 Å². The Bertz CT molecular complexity index is 794. The summed E-state index contributed by atoms with van der Waals surface area (Å²) < 4.78 is 5.68. The number of benzene rings is 2. The number of hydrogen-bond donors (Lipinski definition) is 2. The third-order valence-corrected chi connectivity index (χ3v) is 3.83. The van der Waals surface area contributed by atoms with Crippen molar-refractivity contribution >= 4 is 23.2 Å². The van der Waals surface area contributed by atoms with Gasteiger partial charge in [-0.3, -0.25) is 9.59 Å². The first kappa shape index (κ1) is 16.1. The van der Waals surface area contributed by atoms with Gasteiger partial charge in [0.25, 0.3) is 5.91 Å². The van der Waals surface area contributed by atoms with Crippen molar-refractivity contribution in [3.8, 4) is 5.75 Å². The minimum Gasteiger partial charge on any atom is -0.478 e. The predicted molar refractivity (Wildman–Crippen MR) is 93.4 cm³/mol. The van der Waals surface area contributed by atoms with Crippen molar-refractivity contribution in [3.05, 3.63) is 53.1 Å². The van der Waals surface area contributed by atoms with Crippen LogP contribution in [-0.4, -0.2) is 17.9 Å². The van der Waals surface area contributed by atoms with E-state index < -0.39 is 6.10 Å². The lowest BCUT2D eigenvalue weighted by Crippen LogP contribution is -2.39. The highest BCUT2D eigenvalue weighted by atomic mass is 16.5. The third kappa shape index (κ3) is 3.56. The van der Waals surface area contributed by atoms with Crippen LogP contribution in [-0.2, 0) is 9.59 Å². The van der Waals surface area contributed by atoms with Crippen LogP contribution in [0.4, 0.5) is 11.4 Å². The van der Waals surface area contributed by atoms with Crippen LogP contribution >= 0.6 is 0 Å². The first-order chi connectivity index (χ1) is 11.4. The summed E-state index contributed by atoms with van der Waals surface area (Å²) in [5.41, 5.74) is 4.54. The van der Waals surface area contributed by atoms with Gasteiger partial charge in [0.15, 0.2) is 6.10 Å². The molecule has 0 saturated heterocycles. The number of anilines is 2. The molecule has 0 unspecified atom stereocenters. The number of nitrogens with one attached hydrogen (secondary N) is 2. The lowest BCUT2D eigenvalue weighted by Gasteiger charge is -2.25. The molecule has 5 nitrogen and oxygen atoms in total. The summed E-state index contributed by atoms with van der Waals surface area (Å²) in [5.74, 6) is 0.0313. The fourth-order valence-corrected chi connectivity index (χ4v) is 2.83. The van der Waals surface area contributed by atoms with Crippen LogP contribution in [0.15, 0.2) is 36.4 Å². The Morgan fingerprint density at radius 1 is 1.08 bits per heavy atom. The van der Waals surface area contributed by atoms with Crippen LogP contribution in [0.2, 0.25) is 0 Å². The van der Waals surface area contributed by atoms with Gasteiger partial charge in [0.05, 0.1) is 12.1 Å². The van der Waals surface area contributed by atoms with Crippen molar-refractivity contribution in [1.29, 1.82) is 0 Å². The van der Waals surface area contributed by atoms with Gasteiger partial charge in [-0.25, -0.2) is 0 Å². The summed E-state index contributed by atoms with van der Waals surface area (Å²) in [7, 11) is 0. The van der Waals surface area contributed by atoms with Crippen molar-refractivity contribution in [1.82, 2.24) is 0 Å². The van der Waals surface area contributed by atoms with Gasteiger partial charge in [-0.1, -0.05) is 12.1 Å². The van der Waals surface area contributed by atoms with E-state index in [2.05, 4.69) is 10.6 Å². The van der Waals surface area contributed by atoms with Gasteiger partial charge < -0.3 is 15.4 Å². The maximum atomic E-state index is 12.2. The number of carbonyl (C=O) groups is 2. The lowest BCUT2D eigenvalue weighted by atomic mass is 10.1. The second kappa shape index (κ2) is 6.35. The summed E-state index contributed by atoms with van der Waals surface area (Å²) in [4.78, 5) is 24.4. The van der Waals surface area contributed by atoms with Crippen molar-refractivity contribution in [3.63, 3.8) is 0 Å². The van der Waals surface area contributed by atoms with E-state index in [1.54, 1.807) is 6.07 Å². The number of amides is 2. The number of fused-ring (bicyclic) bond motifs is 1. The van der Waals surface area contributed by atoms with Gasteiger partial charge in [-0.05, 0) is 61.7 Å². The van der Waals surface area contributed by atoms with Crippen LogP contribution in [0, 0.1) is 20.8 Å². The van der Waals surface area contributed by atoms with Gasteiger partial charge in [-0.2, -0.15) is 0 Å². The van der Waals surface area contributed by atoms with E-state index in [1.165, 1.54) is 0 Å². The molecule has 2 aromatic carbocycles. The molecular weight excluding hydrogens is 304 g/mol. The Hall–Kier alpha value is -2.82. The first-order valence-electron chi connectivity index (χ1n) is 7.87. The summed E-state index contributed by atoms with van der Waals surface area (Å²) in [5, 5.41) is 5.62. The van der Waals surface area contributed by atoms with Crippen LogP contribution in [0.3, 0.4) is 0 Å². The number of rotatable bonds is 3. The summed E-state index contributed by atoms with van der Waals surface area (Å²) in [6, 6.07) is 11.4. The largest absolute Gasteiger partial charge is 0.478 e. The Kier molecular flexibility index (Phi) is 4.25. The van der Waals surface area contributed by atoms with Crippen molar-refractivity contribution in [2.45, 2.75) is 33.3 Å². The Labute approximate surface area is 141 Å². The molecule has 0 bridgehead atoms. The monoisotopic (exact) mass is 324 g/mol. The topological polar surface area (TPSA) is 67.4 Å². The van der Waals surface area contributed by atoms with Gasteiger partial charge in [0, 0.05) is 5.69 Å². The van der Waals surface area contributed by atoms with Crippen LogP contribution in [0.25, 0.3) is 0 Å². The molecule has 0 spiro atoms. The summed E-state index contributed by atoms with van der Waals surface area (Å²) in [6.45, 7) is 5.88. The molecule has 124 valence electrons. The average molecular weight is 324 g/mol. The highest BCUT2D eigenvalue weighted by Gasteiger charge is 2.29. The van der Waals surface area contributed by atoms with E-state index in [1.807, 2.05) is 51.1 Å². The van der Waals surface area contributed by atoms with E-state index >= 15 is 0 Å². The van der Waals surface area contributed by atoms with E-state index in [9.17, 15) is 9.59 Å². The second-order valence-electron chi connectivity index (χ2n) is 6.22. The molecule has 2 N–H and O–H groups in total. The Balaban J connectivity index is 1.68. The molecular formula is C19H20N2O3. The molecule has 0 aromatic heterocycles. The SMILES string of the molecule is Cc1cc(C)cc(NC(=O)C[C@@H]2Oc3ccc(C)cc3NC2=O)c1. The first-order valence-corrected chi connectivity index (χ1v) is 7.87. The molecule has 1 aliphatic heterocycles. The second-order valence-corrected chi connectivity index (χ2v) is 6.22. The zero-order valence-corrected chi connectivity index (χ0v) is 14.0. The molecule has 0 aliphatic carbocycles. The molecule has 0 radical (unpaired) electrons. The molecule has 3 rings (SSSR count). The quantitative estimate of drug-likeness (QED) is 0.910. The van der Waals surface area contributed by atoms with E-state index in [0.717, 1.165) is 22.4 Å². The molecule has 1 heterocycles. The number of aryl methyl sites for hydroxylation is 3. The van der Waals surface area contributed by atoms with E-state index in [-0.39, 0.29) is 18.2 Å². The molecule has 1 aliphatic rings. The van der Waals surface area contributed by atoms with Crippen molar-refractivity contribution in [2.75, 3.05) is 10.6 Å². The van der Waals surface area contributed by atoms with Crippen LogP contribution in [0.5, 0.6) is 5.75 Å². The highest BCUT2D eigenvalue weighted by Crippen LogP contribution is 2.31. The maximum Gasteiger partial charge on any atom is 0.266 e. The zero-order valence-electron chi connectivity index (χ0n) is 14.0. The Morgan fingerprint density at radius 3 is 2.50 bits per heavy atom. The van der Waals surface area contributed by atoms with Gasteiger partial charge in [0.1, 0.15) is 5.75 Å². The van der Waals surface area contributed by atoms with E-state index in [0.29, 0.717) is 11.4 Å². The maximum absolute atomic E-state index is 12.2. The summed E-state index contributed by atoms with van der Waals surface area (Å²) >= 11 is 0. The van der Waals surface area contributed by atoms with Gasteiger partial charge in [0.2, 0.25) is 5.91 Å². The van der Waals surface area contributed by atoms with Crippen LogP contribution in [0.1, 0.15) is 23.1 Å². The highest BCUT2D eigenvalue weighted by molar-refractivity contribution is 6.02. The van der Waals surface area contributed by atoms with Crippen molar-refractivity contribution in [2.24, 2.45) is 0 Å². The smallest absolute Gasteiger partial charge is 0.266 e. The minimum atomic E-state index is -0.828. The third-order valence-electron chi connectivity index (χ3n) is 3.83. The fourth-order valence-electron chi connectivity index (χ4n) is 2.83. The zero-order chi connectivity index (χ0) is 17.3. The predicted octanol–water partition coefficient (Wildman–Crippen LogP) is 3.34. The number of hydrogen-bond acceptors (Lipinski definition) is 3. The Morgan fingerprint density at radius 2 is 1.79 bits per heavy atom. The standard InChI is InChI=1S/C19H20N2O3/c1-11-4-5-16-15(9-11)21-19(23)17(24-16)10-18(22)20-14-7-12(2)6-13(3)8-14/h4-9,17H,10H2,1-3H3,(H,20,22)(H,21,23)/t17-/m0/s1. The molecule has 2 amide bonds. The number of ether oxygens (including phenoxy) is 1. The molecule has 2 aromatic rings. The number of carbonyl (C=O) groups excluding carboxylic acids is 2. The molecule has 0 saturated carbocycles. The molecule has 1 atom stereocenters. The van der Waals surface area contributed by atoms with Crippen molar-refractivity contribution < 1.29 is 14.3 Å². The summed E-state index contributed by atoms with van der Waals surface area (Å²) in [6.07, 6.45) is -0.863. The average Bonchev–Trinajstić information content (AvgIpc) is 2.47. The lowest BCUT2D eigenvalue weighted by molar-refractivity contribution is -0.128. The molecule has 24 heavy (non-hydrogen) atoms. The minimum absolute atomic E-state index is 0.0356. The van der Waals surface area contributed by atoms with Gasteiger partial charge in [-0.15, -0.1) is 0 Å². The van der Waals surface area contributed by atoms with Gasteiger partial charge >= 0.3 is 0 Å². The molecule has 5 heteroatoms. The fraction of sp³-hybridized carbons (Fsp3) is 0.263. The molecule has 0 fully saturated rings. The normalized spacial score (nSPS) is 16.0.